The van der Waals surface area contributed by atoms with Crippen LogP contribution in [0.3, 0.4) is 0 Å². The molecule has 12 heteroatoms. The van der Waals surface area contributed by atoms with Gasteiger partial charge in [0.1, 0.15) is 29.6 Å². The zero-order chi connectivity index (χ0) is 29.8. The maximum absolute atomic E-state index is 14.1. The standard InChI is InChI=1S/C30H27F5N2O5/c1-40-24-11-16(3-9-23(24)42-18-6-7-18)28(38)36-14-29(39,17-4-5-17)25-12-19-20(30(33,34)35)13-41-27(19)26(37-25)15-2-8-21(31)22(32)10-15/h2-3,8-12,17-18,20,39H,4-7,13-14H2,1H3,(H,36,38)/t20-,29?/m1/s1. The summed E-state index contributed by atoms with van der Waals surface area (Å²) in [5.74, 6) is -4.68. The molecule has 1 aromatic heterocycles. The molecular weight excluding hydrogens is 563 g/mol. The zero-order valence-electron chi connectivity index (χ0n) is 22.4. The molecule has 2 N–H and O–H groups in total. The van der Waals surface area contributed by atoms with Crippen LogP contribution in [0, 0.1) is 17.6 Å². The number of aliphatic hydroxyl groups is 1. The Kier molecular flexibility index (Phi) is 6.99. The van der Waals surface area contributed by atoms with Gasteiger partial charge in [0.25, 0.3) is 5.91 Å². The van der Waals surface area contributed by atoms with E-state index in [1.807, 2.05) is 0 Å². The monoisotopic (exact) mass is 590 g/mol. The van der Waals surface area contributed by atoms with Crippen LogP contribution in [0.15, 0.2) is 42.5 Å². The quantitative estimate of drug-likeness (QED) is 0.314. The average Bonchev–Trinajstić information content (AvgIpc) is 3.90. The Labute approximate surface area is 237 Å². The fourth-order valence-electron chi connectivity index (χ4n) is 5.15. The number of halogens is 5. The van der Waals surface area contributed by atoms with E-state index in [1.54, 1.807) is 12.1 Å². The van der Waals surface area contributed by atoms with Crippen molar-refractivity contribution in [2.24, 2.45) is 5.92 Å². The molecule has 0 saturated heterocycles. The fraction of sp³-hybridized carbons (Fsp3) is 0.400. The van der Waals surface area contributed by atoms with Crippen LogP contribution in [0.1, 0.15) is 53.2 Å². The number of hydrogen-bond acceptors (Lipinski definition) is 6. The first-order chi connectivity index (χ1) is 20.0. The Morgan fingerprint density at radius 1 is 1.05 bits per heavy atom. The average molecular weight is 591 g/mol. The minimum atomic E-state index is -4.67. The van der Waals surface area contributed by atoms with E-state index in [4.69, 9.17) is 14.2 Å². The van der Waals surface area contributed by atoms with E-state index in [0.717, 1.165) is 31.0 Å². The van der Waals surface area contributed by atoms with E-state index < -0.39 is 47.8 Å². The number of ether oxygens (including phenoxy) is 3. The number of fused-ring (bicyclic) bond motifs is 1. The van der Waals surface area contributed by atoms with Crippen LogP contribution in [0.4, 0.5) is 22.0 Å². The number of nitrogens with zero attached hydrogens (tertiary/aromatic N) is 1. The van der Waals surface area contributed by atoms with Crippen LogP contribution in [0.5, 0.6) is 17.2 Å². The number of amides is 1. The van der Waals surface area contributed by atoms with Crippen molar-refractivity contribution < 1.29 is 46.1 Å². The van der Waals surface area contributed by atoms with Crippen LogP contribution in [-0.2, 0) is 5.60 Å². The maximum Gasteiger partial charge on any atom is 0.399 e. The minimum Gasteiger partial charge on any atom is -0.493 e. The highest BCUT2D eigenvalue weighted by Gasteiger charge is 2.51. The van der Waals surface area contributed by atoms with Crippen LogP contribution in [0.25, 0.3) is 11.3 Å². The summed E-state index contributed by atoms with van der Waals surface area (Å²) in [6, 6.07) is 8.64. The first-order valence-corrected chi connectivity index (χ1v) is 13.5. The number of alkyl halides is 3. The minimum absolute atomic E-state index is 0.0161. The zero-order valence-corrected chi connectivity index (χ0v) is 22.4. The lowest BCUT2D eigenvalue weighted by Crippen LogP contribution is -2.43. The number of nitrogens with one attached hydrogen (secondary N) is 1. The predicted molar refractivity (Wildman–Crippen MR) is 139 cm³/mol. The van der Waals surface area contributed by atoms with E-state index >= 15 is 0 Å². The highest BCUT2D eigenvalue weighted by molar-refractivity contribution is 5.95. The number of aromatic nitrogens is 1. The fourth-order valence-corrected chi connectivity index (χ4v) is 5.15. The summed E-state index contributed by atoms with van der Waals surface area (Å²) in [6.07, 6.45) is -1.58. The summed E-state index contributed by atoms with van der Waals surface area (Å²) in [5, 5.41) is 14.6. The number of hydrogen-bond donors (Lipinski definition) is 2. The number of pyridine rings is 1. The van der Waals surface area contributed by atoms with Gasteiger partial charge in [0, 0.05) is 16.7 Å². The van der Waals surface area contributed by atoms with Crippen molar-refractivity contribution in [3.8, 4) is 28.5 Å². The molecule has 2 aromatic carbocycles. The molecule has 7 nitrogen and oxygen atoms in total. The highest BCUT2D eigenvalue weighted by Crippen LogP contribution is 2.51. The molecule has 2 atom stereocenters. The smallest absolute Gasteiger partial charge is 0.399 e. The number of rotatable bonds is 9. The Hall–Kier alpha value is -3.93. The maximum atomic E-state index is 14.1. The molecule has 2 heterocycles. The van der Waals surface area contributed by atoms with Gasteiger partial charge >= 0.3 is 6.18 Å². The van der Waals surface area contributed by atoms with Crippen LogP contribution < -0.4 is 19.5 Å². The van der Waals surface area contributed by atoms with Gasteiger partial charge in [-0.2, -0.15) is 13.2 Å². The third-order valence-electron chi connectivity index (χ3n) is 7.82. The second-order valence-electron chi connectivity index (χ2n) is 10.9. The number of carbonyl (C=O) groups is 1. The molecule has 0 radical (unpaired) electrons. The van der Waals surface area contributed by atoms with Gasteiger partial charge in [0.05, 0.1) is 25.5 Å². The van der Waals surface area contributed by atoms with Gasteiger partial charge in [-0.25, -0.2) is 13.8 Å². The summed E-state index contributed by atoms with van der Waals surface area (Å²) in [6.45, 7) is -1.08. The third kappa shape index (κ3) is 5.35. The van der Waals surface area contributed by atoms with E-state index in [1.165, 1.54) is 19.2 Å². The van der Waals surface area contributed by atoms with Crippen molar-refractivity contribution in [1.29, 1.82) is 0 Å². The SMILES string of the molecule is COc1cc(C(=O)NCC(O)(c2cc3c(c(-c4ccc(F)c(F)c4)n2)OC[C@H]3C(F)(F)F)C2CC2)ccc1OC1CC1. The largest absolute Gasteiger partial charge is 0.493 e. The van der Waals surface area contributed by atoms with E-state index in [-0.39, 0.29) is 46.5 Å². The van der Waals surface area contributed by atoms with Gasteiger partial charge in [0.2, 0.25) is 0 Å². The first kappa shape index (κ1) is 28.2. The van der Waals surface area contributed by atoms with E-state index in [2.05, 4.69) is 10.3 Å². The number of carbonyl (C=O) groups excluding carboxylic acids is 1. The van der Waals surface area contributed by atoms with Gasteiger partial charge in [-0.05, 0) is 74.1 Å². The van der Waals surface area contributed by atoms with Crippen molar-refractivity contribution in [3.05, 3.63) is 70.9 Å². The molecule has 3 aromatic rings. The topological polar surface area (TPSA) is 89.9 Å². The first-order valence-electron chi connectivity index (χ1n) is 13.5. The molecule has 2 saturated carbocycles. The van der Waals surface area contributed by atoms with E-state index in [9.17, 15) is 31.9 Å². The van der Waals surface area contributed by atoms with E-state index in [0.29, 0.717) is 24.3 Å². The molecule has 6 rings (SSSR count). The molecule has 2 fully saturated rings. The Morgan fingerprint density at radius 2 is 1.81 bits per heavy atom. The molecular formula is C30H27F5N2O5. The molecule has 1 amide bonds. The molecule has 2 aliphatic carbocycles. The van der Waals surface area contributed by atoms with Crippen molar-refractivity contribution >= 4 is 5.91 Å². The van der Waals surface area contributed by atoms with Crippen LogP contribution in [-0.4, -0.2) is 48.5 Å². The van der Waals surface area contributed by atoms with Crippen molar-refractivity contribution in [3.63, 3.8) is 0 Å². The van der Waals surface area contributed by atoms with Gasteiger partial charge in [-0.1, -0.05) is 0 Å². The van der Waals surface area contributed by atoms with Gasteiger partial charge in [0.15, 0.2) is 23.1 Å². The predicted octanol–water partition coefficient (Wildman–Crippen LogP) is 5.64. The van der Waals surface area contributed by atoms with Crippen molar-refractivity contribution in [1.82, 2.24) is 10.3 Å². The lowest BCUT2D eigenvalue weighted by molar-refractivity contribution is -0.151. The van der Waals surface area contributed by atoms with Gasteiger partial charge in [-0.3, -0.25) is 4.79 Å². The third-order valence-corrected chi connectivity index (χ3v) is 7.82. The molecule has 0 bridgehead atoms. The summed E-state index contributed by atoms with van der Waals surface area (Å²) in [7, 11) is 1.45. The lowest BCUT2D eigenvalue weighted by atomic mass is 9.88. The van der Waals surface area contributed by atoms with Gasteiger partial charge < -0.3 is 24.6 Å². The lowest BCUT2D eigenvalue weighted by Gasteiger charge is -2.29. The summed E-state index contributed by atoms with van der Waals surface area (Å²) in [4.78, 5) is 17.6. The summed E-state index contributed by atoms with van der Waals surface area (Å²) < 4.78 is 86.2. The van der Waals surface area contributed by atoms with Crippen LogP contribution in [0.2, 0.25) is 0 Å². The Balaban J connectivity index is 1.34. The highest BCUT2D eigenvalue weighted by atomic mass is 19.4. The van der Waals surface area contributed by atoms with Crippen LogP contribution >= 0.6 is 0 Å². The van der Waals surface area contributed by atoms with Gasteiger partial charge in [-0.15, -0.1) is 0 Å². The van der Waals surface area contributed by atoms with Crippen molar-refractivity contribution in [2.45, 2.75) is 49.5 Å². The molecule has 1 aliphatic heterocycles. The van der Waals surface area contributed by atoms with Crippen molar-refractivity contribution in [2.75, 3.05) is 20.3 Å². The number of benzene rings is 2. The Bertz CT molecular complexity index is 1540. The second-order valence-corrected chi connectivity index (χ2v) is 10.9. The summed E-state index contributed by atoms with van der Waals surface area (Å²) in [5.41, 5.74) is -2.20. The molecule has 3 aliphatic rings. The number of methoxy groups -OCH3 is 1. The summed E-state index contributed by atoms with van der Waals surface area (Å²) >= 11 is 0. The molecule has 1 unspecified atom stereocenters. The normalized spacial score (nSPS) is 19.5. The molecule has 0 spiro atoms. The molecule has 222 valence electrons. The Morgan fingerprint density at radius 3 is 2.45 bits per heavy atom. The molecule has 42 heavy (non-hydrogen) atoms. The second kappa shape index (κ2) is 10.4.